The Hall–Kier alpha value is -1.24. The highest BCUT2D eigenvalue weighted by Gasteiger charge is 2.09. The Balaban J connectivity index is 3.03. The average Bonchev–Trinajstić information content (AvgIpc) is 2.04. The van der Waals surface area contributed by atoms with E-state index in [1.165, 1.54) is 24.4 Å². The topological polar surface area (TPSA) is 52.9 Å². The van der Waals surface area contributed by atoms with E-state index in [9.17, 15) is 4.79 Å². The fraction of sp³-hybridized carbons (Fsp3) is 0. The summed E-state index contributed by atoms with van der Waals surface area (Å²) in [5.41, 5.74) is 0.229. The molecule has 0 fully saturated rings. The van der Waals surface area contributed by atoms with Gasteiger partial charge in [-0.1, -0.05) is 23.2 Å². The summed E-state index contributed by atoms with van der Waals surface area (Å²) in [6, 6.07) is 4.42. The highest BCUT2D eigenvalue weighted by molar-refractivity contribution is 6.36. The molecule has 5 heteroatoms. The van der Waals surface area contributed by atoms with Gasteiger partial charge in [0.25, 0.3) is 5.91 Å². The Kier molecular flexibility index (Phi) is 3.13. The van der Waals surface area contributed by atoms with E-state index < -0.39 is 5.91 Å². The summed E-state index contributed by atoms with van der Waals surface area (Å²) in [7, 11) is 0. The smallest absolute Gasteiger partial charge is 0.265 e. The lowest BCUT2D eigenvalue weighted by atomic mass is 10.2. The van der Waals surface area contributed by atoms with Crippen molar-refractivity contribution in [1.29, 1.82) is 5.26 Å². The summed E-state index contributed by atoms with van der Waals surface area (Å²) in [5, 5.41) is 10.8. The van der Waals surface area contributed by atoms with E-state index in [4.69, 9.17) is 28.5 Å². The lowest BCUT2D eigenvalue weighted by Crippen LogP contribution is -2.17. The molecular weight excluding hydrogens is 211 g/mol. The van der Waals surface area contributed by atoms with Crippen molar-refractivity contribution >= 4 is 29.1 Å². The minimum atomic E-state index is -0.538. The monoisotopic (exact) mass is 214 g/mol. The Labute approximate surface area is 84.9 Å². The number of carbonyl (C=O) groups excluding carboxylic acids is 1. The molecule has 0 radical (unpaired) electrons. The van der Waals surface area contributed by atoms with Gasteiger partial charge in [0, 0.05) is 5.02 Å². The number of amides is 1. The Morgan fingerprint density at radius 2 is 2.15 bits per heavy atom. The molecule has 3 nitrogen and oxygen atoms in total. The van der Waals surface area contributed by atoms with Gasteiger partial charge in [-0.15, -0.1) is 0 Å². The Morgan fingerprint density at radius 3 is 2.69 bits per heavy atom. The van der Waals surface area contributed by atoms with E-state index in [0.29, 0.717) is 5.02 Å². The average molecular weight is 215 g/mol. The summed E-state index contributed by atoms with van der Waals surface area (Å²) in [5.74, 6) is -0.538. The van der Waals surface area contributed by atoms with Gasteiger partial charge >= 0.3 is 0 Å². The molecule has 0 aliphatic carbocycles. The van der Waals surface area contributed by atoms with E-state index in [2.05, 4.69) is 0 Å². The molecular formula is C8H4Cl2N2O. The number of nitrogens with one attached hydrogen (secondary N) is 1. The number of hydrogen-bond acceptors (Lipinski definition) is 2. The lowest BCUT2D eigenvalue weighted by Gasteiger charge is -2.00. The first-order valence-electron chi connectivity index (χ1n) is 3.29. The third-order valence-electron chi connectivity index (χ3n) is 1.35. The summed E-state index contributed by atoms with van der Waals surface area (Å²) in [6.07, 6.45) is 1.52. The summed E-state index contributed by atoms with van der Waals surface area (Å²) in [4.78, 5) is 11.1. The predicted octanol–water partition coefficient (Wildman–Crippen LogP) is 2.20. The molecule has 1 rings (SSSR count). The highest BCUT2D eigenvalue weighted by atomic mass is 35.5. The molecule has 13 heavy (non-hydrogen) atoms. The largest absolute Gasteiger partial charge is 0.268 e. The van der Waals surface area contributed by atoms with E-state index in [-0.39, 0.29) is 10.6 Å². The van der Waals surface area contributed by atoms with Crippen LogP contribution in [-0.2, 0) is 0 Å². The normalized spacial score (nSPS) is 9.00. The molecule has 0 aliphatic rings. The third-order valence-corrected chi connectivity index (χ3v) is 1.89. The molecule has 1 amide bonds. The molecule has 1 aromatic rings. The molecule has 0 aromatic heterocycles. The quantitative estimate of drug-likeness (QED) is 0.576. The van der Waals surface area contributed by atoms with Gasteiger partial charge < -0.3 is 0 Å². The molecule has 0 saturated heterocycles. The third kappa shape index (κ3) is 2.35. The first kappa shape index (κ1) is 9.85. The van der Waals surface area contributed by atoms with Crippen LogP contribution in [0.3, 0.4) is 0 Å². The maximum Gasteiger partial charge on any atom is 0.265 e. The van der Waals surface area contributed by atoms with Crippen LogP contribution in [-0.4, -0.2) is 5.91 Å². The number of rotatable bonds is 1. The second-order valence-electron chi connectivity index (χ2n) is 2.19. The minimum Gasteiger partial charge on any atom is -0.268 e. The van der Waals surface area contributed by atoms with Crippen LogP contribution in [0.2, 0.25) is 10.0 Å². The zero-order chi connectivity index (χ0) is 9.84. The van der Waals surface area contributed by atoms with Crippen LogP contribution in [0.4, 0.5) is 0 Å². The van der Waals surface area contributed by atoms with E-state index in [0.717, 1.165) is 0 Å². The Bertz CT molecular complexity index is 384. The van der Waals surface area contributed by atoms with Crippen LogP contribution in [0.1, 0.15) is 10.4 Å². The van der Waals surface area contributed by atoms with Gasteiger partial charge in [0.2, 0.25) is 0 Å². The molecule has 0 atom stereocenters. The lowest BCUT2D eigenvalue weighted by molar-refractivity contribution is 0.0973. The van der Waals surface area contributed by atoms with Gasteiger partial charge in [-0.05, 0) is 18.2 Å². The van der Waals surface area contributed by atoms with Crippen molar-refractivity contribution in [3.05, 3.63) is 33.8 Å². The minimum absolute atomic E-state index is 0.222. The number of hydrogen-bond donors (Lipinski definition) is 1. The fourth-order valence-corrected chi connectivity index (χ4v) is 1.29. The maximum absolute atomic E-state index is 11.1. The van der Waals surface area contributed by atoms with Gasteiger partial charge in [0.15, 0.2) is 6.19 Å². The molecule has 1 N–H and O–H groups in total. The zero-order valence-electron chi connectivity index (χ0n) is 6.34. The van der Waals surface area contributed by atoms with Gasteiger partial charge in [-0.2, -0.15) is 5.26 Å². The highest BCUT2D eigenvalue weighted by Crippen LogP contribution is 2.20. The van der Waals surface area contributed by atoms with Crippen molar-refractivity contribution in [3.8, 4) is 6.19 Å². The standard InChI is InChI=1S/C8H4Cl2N2O/c9-5-1-2-6(7(10)3-5)8(13)12-4-11/h1-3H,(H,12,13). The number of halogens is 2. The summed E-state index contributed by atoms with van der Waals surface area (Å²) < 4.78 is 0. The second-order valence-corrected chi connectivity index (χ2v) is 3.03. The van der Waals surface area contributed by atoms with E-state index >= 15 is 0 Å². The van der Waals surface area contributed by atoms with Crippen molar-refractivity contribution in [2.24, 2.45) is 0 Å². The van der Waals surface area contributed by atoms with E-state index in [1.54, 1.807) is 0 Å². The Morgan fingerprint density at radius 1 is 1.46 bits per heavy atom. The summed E-state index contributed by atoms with van der Waals surface area (Å²) in [6.45, 7) is 0. The van der Waals surface area contributed by atoms with Crippen LogP contribution >= 0.6 is 23.2 Å². The molecule has 0 saturated carbocycles. The first-order valence-corrected chi connectivity index (χ1v) is 4.05. The second kappa shape index (κ2) is 4.13. The van der Waals surface area contributed by atoms with Crippen LogP contribution < -0.4 is 5.32 Å². The molecule has 0 heterocycles. The SMILES string of the molecule is N#CNC(=O)c1ccc(Cl)cc1Cl. The van der Waals surface area contributed by atoms with Gasteiger partial charge in [-0.3, -0.25) is 10.1 Å². The number of carbonyl (C=O) groups is 1. The number of benzene rings is 1. The van der Waals surface area contributed by atoms with Crippen LogP contribution in [0.25, 0.3) is 0 Å². The molecule has 0 bridgehead atoms. The zero-order valence-corrected chi connectivity index (χ0v) is 7.86. The van der Waals surface area contributed by atoms with Crippen molar-refractivity contribution in [2.75, 3.05) is 0 Å². The van der Waals surface area contributed by atoms with Crippen molar-refractivity contribution in [3.63, 3.8) is 0 Å². The van der Waals surface area contributed by atoms with Crippen molar-refractivity contribution in [2.45, 2.75) is 0 Å². The fourth-order valence-electron chi connectivity index (χ4n) is 0.792. The molecule has 66 valence electrons. The van der Waals surface area contributed by atoms with Crippen LogP contribution in [0.15, 0.2) is 18.2 Å². The van der Waals surface area contributed by atoms with Crippen molar-refractivity contribution < 1.29 is 4.79 Å². The van der Waals surface area contributed by atoms with Gasteiger partial charge in [-0.25, -0.2) is 0 Å². The van der Waals surface area contributed by atoms with Crippen LogP contribution in [0.5, 0.6) is 0 Å². The van der Waals surface area contributed by atoms with Gasteiger partial charge in [0.05, 0.1) is 10.6 Å². The molecule has 0 aliphatic heterocycles. The van der Waals surface area contributed by atoms with Gasteiger partial charge in [0.1, 0.15) is 0 Å². The molecule has 0 unspecified atom stereocenters. The van der Waals surface area contributed by atoms with E-state index in [1.807, 2.05) is 5.32 Å². The molecule has 1 aromatic carbocycles. The molecule has 0 spiro atoms. The summed E-state index contributed by atoms with van der Waals surface area (Å²) >= 11 is 11.3. The maximum atomic E-state index is 11.1. The number of nitrogens with zero attached hydrogens (tertiary/aromatic N) is 1. The van der Waals surface area contributed by atoms with Crippen LogP contribution in [0, 0.1) is 11.5 Å². The first-order chi connectivity index (χ1) is 6.15. The number of nitriles is 1. The predicted molar refractivity (Wildman–Crippen MR) is 49.5 cm³/mol. The van der Waals surface area contributed by atoms with Crippen molar-refractivity contribution in [1.82, 2.24) is 5.32 Å².